The van der Waals surface area contributed by atoms with Crippen molar-refractivity contribution in [3.05, 3.63) is 61.6 Å². The average molecular weight is 453 g/mol. The molecule has 1 fully saturated rings. The second-order valence-electron chi connectivity index (χ2n) is 7.81. The molecular weight excluding hydrogens is 433 g/mol. The van der Waals surface area contributed by atoms with Crippen LogP contribution in [0.5, 0.6) is 5.75 Å². The molecule has 0 aromatic heterocycles. The fraction of sp³-hybridized carbons (Fsp3) is 0.364. The molecule has 152 valence electrons. The fourth-order valence-electron chi connectivity index (χ4n) is 4.23. The number of nitrogens with zero attached hydrogens (tertiary/aromatic N) is 1. The summed E-state index contributed by atoms with van der Waals surface area (Å²) in [5, 5.41) is 1.45. The Balaban J connectivity index is 1.54. The second kappa shape index (κ2) is 7.50. The van der Waals surface area contributed by atoms with Crippen LogP contribution in [-0.2, 0) is 0 Å². The topological polar surface area (TPSA) is 46.6 Å². The summed E-state index contributed by atoms with van der Waals surface area (Å²) < 4.78 is 6.36. The number of hydrogen-bond acceptors (Lipinski definition) is 3. The minimum absolute atomic E-state index is 0.0447. The second-order valence-corrected chi connectivity index (χ2v) is 9.03. The lowest BCUT2D eigenvalue weighted by Crippen LogP contribution is -2.52. The van der Waals surface area contributed by atoms with E-state index in [1.54, 1.807) is 23.1 Å². The quantitative estimate of drug-likeness (QED) is 0.541. The van der Waals surface area contributed by atoms with Gasteiger partial charge in [-0.2, -0.15) is 0 Å². The number of hydrogen-bond donors (Lipinski definition) is 0. The minimum atomic E-state index is -0.592. The first kappa shape index (κ1) is 20.5. The number of carbonyl (C=O) groups excluding carboxylic acids is 2. The van der Waals surface area contributed by atoms with E-state index in [9.17, 15) is 9.59 Å². The number of Topliss-reactive ketones (excluding diaryl/α,β-unsaturated/α-hetero) is 1. The molecule has 0 atom stereocenters. The van der Waals surface area contributed by atoms with Gasteiger partial charge in [-0.3, -0.25) is 9.59 Å². The van der Waals surface area contributed by atoms with Gasteiger partial charge >= 0.3 is 0 Å². The van der Waals surface area contributed by atoms with Gasteiger partial charge in [-0.25, -0.2) is 0 Å². The number of amides is 1. The molecule has 4 nitrogen and oxygen atoms in total. The number of aryl methyl sites for hydroxylation is 1. The number of likely N-dealkylation sites (tertiary alicyclic amines) is 1. The molecule has 1 spiro atoms. The molecule has 7 heteroatoms. The van der Waals surface area contributed by atoms with Gasteiger partial charge in [0.15, 0.2) is 5.78 Å². The smallest absolute Gasteiger partial charge is 0.255 e. The molecule has 0 N–H and O–H groups in total. The number of piperidine rings is 1. The monoisotopic (exact) mass is 451 g/mol. The zero-order valence-corrected chi connectivity index (χ0v) is 18.4. The van der Waals surface area contributed by atoms with Gasteiger partial charge in [0, 0.05) is 36.0 Å². The van der Waals surface area contributed by atoms with Crippen LogP contribution in [0.15, 0.2) is 24.3 Å². The van der Waals surface area contributed by atoms with Gasteiger partial charge in [0.1, 0.15) is 11.4 Å². The number of ether oxygens (including phenoxy) is 1. The van der Waals surface area contributed by atoms with Crippen LogP contribution in [-0.4, -0.2) is 35.3 Å². The average Bonchev–Trinajstić information content (AvgIpc) is 2.67. The molecule has 0 bridgehead atoms. The van der Waals surface area contributed by atoms with Crippen molar-refractivity contribution in [2.45, 2.75) is 38.7 Å². The highest BCUT2D eigenvalue weighted by molar-refractivity contribution is 6.35. The molecule has 2 aromatic carbocycles. The van der Waals surface area contributed by atoms with Crippen LogP contribution in [0.4, 0.5) is 0 Å². The first-order valence-electron chi connectivity index (χ1n) is 9.47. The third-order valence-corrected chi connectivity index (χ3v) is 7.00. The maximum atomic E-state index is 12.9. The first-order chi connectivity index (χ1) is 13.7. The molecule has 2 aliphatic rings. The maximum absolute atomic E-state index is 12.9. The largest absolute Gasteiger partial charge is 0.486 e. The van der Waals surface area contributed by atoms with E-state index in [4.69, 9.17) is 39.5 Å². The molecular formula is C22H20Cl3NO3. The van der Waals surface area contributed by atoms with Gasteiger partial charge in [-0.05, 0) is 49.2 Å². The lowest BCUT2D eigenvalue weighted by Gasteiger charge is -2.44. The predicted octanol–water partition coefficient (Wildman–Crippen LogP) is 5.90. The highest BCUT2D eigenvalue weighted by Crippen LogP contribution is 2.43. The first-order valence-corrected chi connectivity index (χ1v) is 10.6. The minimum Gasteiger partial charge on any atom is -0.486 e. The highest BCUT2D eigenvalue weighted by atomic mass is 35.5. The molecule has 0 aliphatic carbocycles. The number of ketones is 1. The lowest BCUT2D eigenvalue weighted by molar-refractivity contribution is -0.00580. The number of halogens is 3. The number of carbonyl (C=O) groups is 2. The summed E-state index contributed by atoms with van der Waals surface area (Å²) in [6.07, 6.45) is 1.44. The summed E-state index contributed by atoms with van der Waals surface area (Å²) in [5.74, 6) is 0.481. The van der Waals surface area contributed by atoms with Gasteiger partial charge in [-0.1, -0.05) is 34.8 Å². The Morgan fingerprint density at radius 2 is 1.79 bits per heavy atom. The third kappa shape index (κ3) is 3.63. The van der Waals surface area contributed by atoms with E-state index in [2.05, 4.69) is 0 Å². The van der Waals surface area contributed by atoms with Crippen molar-refractivity contribution >= 4 is 46.5 Å². The molecule has 0 radical (unpaired) electrons. The van der Waals surface area contributed by atoms with Gasteiger partial charge in [0.2, 0.25) is 0 Å². The number of benzene rings is 2. The van der Waals surface area contributed by atoms with Crippen molar-refractivity contribution in [1.29, 1.82) is 0 Å². The van der Waals surface area contributed by atoms with Crippen LogP contribution < -0.4 is 4.74 Å². The SMILES string of the molecule is Cc1cc2c(c(C)c1Cl)C(=O)CC1(CCN(C(=O)c3cc(Cl)ccc3Cl)CC1)O2. The van der Waals surface area contributed by atoms with Crippen molar-refractivity contribution in [3.63, 3.8) is 0 Å². The Kier molecular flexibility index (Phi) is 5.30. The van der Waals surface area contributed by atoms with Crippen molar-refractivity contribution in [2.75, 3.05) is 13.1 Å². The zero-order valence-electron chi connectivity index (χ0n) is 16.2. The molecule has 1 saturated heterocycles. The number of rotatable bonds is 1. The summed E-state index contributed by atoms with van der Waals surface area (Å²) in [6.45, 7) is 4.72. The van der Waals surface area contributed by atoms with Gasteiger partial charge in [0.25, 0.3) is 5.91 Å². The Bertz CT molecular complexity index is 1030. The predicted molar refractivity (Wildman–Crippen MR) is 115 cm³/mol. The van der Waals surface area contributed by atoms with E-state index >= 15 is 0 Å². The van der Waals surface area contributed by atoms with Gasteiger partial charge < -0.3 is 9.64 Å². The van der Waals surface area contributed by atoms with E-state index in [1.807, 2.05) is 19.9 Å². The lowest BCUT2D eigenvalue weighted by atomic mass is 9.81. The molecule has 4 rings (SSSR count). The van der Waals surface area contributed by atoms with Crippen LogP contribution in [0.3, 0.4) is 0 Å². The standard InChI is InChI=1S/C22H20Cl3NO3/c1-12-9-18-19(13(2)20(12)25)17(27)11-22(29-18)5-7-26(8-6-22)21(28)15-10-14(23)3-4-16(15)24/h3-4,9-10H,5-8,11H2,1-2H3. The summed E-state index contributed by atoms with van der Waals surface area (Å²) in [6, 6.07) is 6.70. The fourth-order valence-corrected chi connectivity index (χ4v) is 4.75. The van der Waals surface area contributed by atoms with Crippen LogP contribution in [0.25, 0.3) is 0 Å². The van der Waals surface area contributed by atoms with Crippen molar-refractivity contribution in [3.8, 4) is 5.75 Å². The van der Waals surface area contributed by atoms with Crippen LogP contribution in [0.2, 0.25) is 15.1 Å². The Morgan fingerprint density at radius 1 is 1.10 bits per heavy atom. The highest BCUT2D eigenvalue weighted by Gasteiger charge is 2.44. The van der Waals surface area contributed by atoms with Crippen molar-refractivity contribution < 1.29 is 14.3 Å². The van der Waals surface area contributed by atoms with E-state index < -0.39 is 5.60 Å². The zero-order chi connectivity index (χ0) is 20.9. The van der Waals surface area contributed by atoms with Crippen molar-refractivity contribution in [1.82, 2.24) is 4.90 Å². The summed E-state index contributed by atoms with van der Waals surface area (Å²) in [5.41, 5.74) is 2.03. The van der Waals surface area contributed by atoms with E-state index in [0.29, 0.717) is 64.3 Å². The molecule has 2 aliphatic heterocycles. The van der Waals surface area contributed by atoms with E-state index in [0.717, 1.165) is 11.1 Å². The Hall–Kier alpha value is -1.75. The normalized spacial score (nSPS) is 17.8. The molecule has 2 heterocycles. The molecule has 1 amide bonds. The summed E-state index contributed by atoms with van der Waals surface area (Å²) >= 11 is 18.5. The van der Waals surface area contributed by atoms with Gasteiger partial charge in [-0.15, -0.1) is 0 Å². The van der Waals surface area contributed by atoms with E-state index in [-0.39, 0.29) is 11.7 Å². The van der Waals surface area contributed by atoms with Crippen molar-refractivity contribution in [2.24, 2.45) is 0 Å². The summed E-state index contributed by atoms with van der Waals surface area (Å²) in [4.78, 5) is 27.5. The van der Waals surface area contributed by atoms with Gasteiger partial charge in [0.05, 0.1) is 22.6 Å². The Morgan fingerprint density at radius 3 is 2.48 bits per heavy atom. The summed E-state index contributed by atoms with van der Waals surface area (Å²) in [7, 11) is 0. The third-order valence-electron chi connectivity index (χ3n) is 5.85. The molecule has 0 saturated carbocycles. The number of fused-ring (bicyclic) bond motifs is 1. The maximum Gasteiger partial charge on any atom is 0.255 e. The van der Waals surface area contributed by atoms with Crippen LogP contribution in [0, 0.1) is 13.8 Å². The molecule has 29 heavy (non-hydrogen) atoms. The van der Waals surface area contributed by atoms with Crippen LogP contribution >= 0.6 is 34.8 Å². The molecule has 0 unspecified atom stereocenters. The van der Waals surface area contributed by atoms with Crippen LogP contribution in [0.1, 0.15) is 51.1 Å². The Labute approximate surface area is 184 Å². The molecule has 2 aromatic rings. The van der Waals surface area contributed by atoms with E-state index in [1.165, 1.54) is 0 Å².